The largest absolute Gasteiger partial charge is 0.465 e. The zero-order valence-corrected chi connectivity index (χ0v) is 18.1. The van der Waals surface area contributed by atoms with E-state index in [4.69, 9.17) is 18.8 Å². The lowest BCUT2D eigenvalue weighted by Crippen LogP contribution is -2.48. The van der Waals surface area contributed by atoms with Crippen molar-refractivity contribution in [3.05, 3.63) is 70.8 Å². The van der Waals surface area contributed by atoms with Gasteiger partial charge in [-0.25, -0.2) is 4.79 Å². The first-order chi connectivity index (χ1) is 14.3. The van der Waals surface area contributed by atoms with Crippen LogP contribution < -0.4 is 0 Å². The molecule has 2 aromatic rings. The lowest BCUT2D eigenvalue weighted by atomic mass is 9.68. The summed E-state index contributed by atoms with van der Waals surface area (Å²) >= 11 is 0. The van der Waals surface area contributed by atoms with Crippen LogP contribution in [-0.4, -0.2) is 38.0 Å². The molecule has 5 nitrogen and oxygen atoms in total. The molecular weight excluding hydrogens is 379 g/mol. The molecule has 2 atom stereocenters. The average Bonchev–Trinajstić information content (AvgIpc) is 3.25. The van der Waals surface area contributed by atoms with Gasteiger partial charge in [-0.15, -0.1) is 0 Å². The lowest BCUT2D eigenvalue weighted by Gasteiger charge is -2.35. The summed E-state index contributed by atoms with van der Waals surface area (Å²) in [6.45, 7) is 6.89. The number of aryl methyl sites for hydroxylation is 1. The van der Waals surface area contributed by atoms with Crippen LogP contribution in [0.5, 0.6) is 0 Å². The summed E-state index contributed by atoms with van der Waals surface area (Å²) in [5.74, 6) is -0.153. The maximum atomic E-state index is 12.5. The Kier molecular flexibility index (Phi) is 5.75. The number of ether oxygens (including phenoxy) is 2. The smallest absolute Gasteiger partial charge is 0.457 e. The minimum absolute atomic E-state index is 0.146. The summed E-state index contributed by atoms with van der Waals surface area (Å²) in [7, 11) is 1.36. The van der Waals surface area contributed by atoms with Crippen LogP contribution in [0.3, 0.4) is 0 Å². The van der Waals surface area contributed by atoms with Crippen molar-refractivity contribution >= 4 is 13.1 Å². The first-order valence-corrected chi connectivity index (χ1v) is 10.5. The van der Waals surface area contributed by atoms with Gasteiger partial charge in [0.15, 0.2) is 0 Å². The van der Waals surface area contributed by atoms with Crippen LogP contribution in [0.4, 0.5) is 0 Å². The minimum atomic E-state index is -0.504. The number of rotatable bonds is 6. The molecule has 1 fully saturated rings. The number of hydrogen-bond donors (Lipinski definition) is 0. The monoisotopic (exact) mass is 408 g/mol. The molecule has 0 spiro atoms. The van der Waals surface area contributed by atoms with Gasteiger partial charge in [0.1, 0.15) is 12.2 Å². The molecule has 1 heterocycles. The van der Waals surface area contributed by atoms with Gasteiger partial charge in [0.2, 0.25) is 0 Å². The van der Waals surface area contributed by atoms with Crippen molar-refractivity contribution in [1.82, 2.24) is 0 Å². The van der Waals surface area contributed by atoms with E-state index in [9.17, 15) is 4.79 Å². The Morgan fingerprint density at radius 2 is 1.90 bits per heavy atom. The van der Waals surface area contributed by atoms with Gasteiger partial charge in [-0.05, 0) is 62.4 Å². The van der Waals surface area contributed by atoms with Crippen molar-refractivity contribution in [3.8, 4) is 0 Å². The second kappa shape index (κ2) is 8.18. The predicted molar refractivity (Wildman–Crippen MR) is 115 cm³/mol. The Hall–Kier alpha value is -2.15. The van der Waals surface area contributed by atoms with E-state index >= 15 is 0 Å². The third-order valence-electron chi connectivity index (χ3n) is 6.52. The van der Waals surface area contributed by atoms with E-state index in [0.717, 1.165) is 18.4 Å². The summed E-state index contributed by atoms with van der Waals surface area (Å²) in [6.07, 6.45) is 1.83. The van der Waals surface area contributed by atoms with E-state index in [0.29, 0.717) is 12.2 Å². The lowest BCUT2D eigenvalue weighted by molar-refractivity contribution is -0.0594. The molecule has 0 aromatic heterocycles. The molecule has 2 unspecified atom stereocenters. The summed E-state index contributed by atoms with van der Waals surface area (Å²) in [5, 5.41) is 0. The van der Waals surface area contributed by atoms with E-state index in [1.807, 2.05) is 69.3 Å². The molecule has 6 heteroatoms. The Labute approximate surface area is 178 Å². The molecule has 1 aliphatic heterocycles. The van der Waals surface area contributed by atoms with E-state index in [-0.39, 0.29) is 25.5 Å². The topological polar surface area (TPSA) is 54.0 Å². The number of esters is 1. The van der Waals surface area contributed by atoms with Crippen LogP contribution in [0.1, 0.15) is 60.1 Å². The van der Waals surface area contributed by atoms with Crippen molar-refractivity contribution in [2.75, 3.05) is 13.7 Å². The number of methoxy groups -OCH3 is 1. The van der Waals surface area contributed by atoms with Gasteiger partial charge in [-0.2, -0.15) is 0 Å². The van der Waals surface area contributed by atoms with Crippen molar-refractivity contribution in [2.45, 2.75) is 57.2 Å². The van der Waals surface area contributed by atoms with Gasteiger partial charge in [-0.3, -0.25) is 0 Å². The normalized spacial score (nSPS) is 24.7. The Morgan fingerprint density at radius 1 is 1.13 bits per heavy atom. The molecule has 0 bridgehead atoms. The standard InChI is InChI=1S/C24H29BO5/c1-23(2)24(3,16-27-4)30-25(29-23)21-13-11-18-14-19(10-12-20(18)21)22(26)28-15-17-8-6-5-7-9-17/h5-10,12,14,21H,11,13,15-16H2,1-4H3. The predicted octanol–water partition coefficient (Wildman–Crippen LogP) is 4.33. The zero-order valence-electron chi connectivity index (χ0n) is 18.1. The van der Waals surface area contributed by atoms with Crippen molar-refractivity contribution in [3.63, 3.8) is 0 Å². The highest BCUT2D eigenvalue weighted by molar-refractivity contribution is 6.47. The van der Waals surface area contributed by atoms with Crippen LogP contribution in [0, 0.1) is 0 Å². The van der Waals surface area contributed by atoms with Crippen molar-refractivity contribution < 1.29 is 23.6 Å². The van der Waals surface area contributed by atoms with Gasteiger partial charge in [0.05, 0.1) is 17.8 Å². The molecule has 158 valence electrons. The van der Waals surface area contributed by atoms with E-state index in [2.05, 4.69) is 0 Å². The fourth-order valence-electron chi connectivity index (χ4n) is 4.35. The molecule has 0 N–H and O–H groups in total. The highest BCUT2D eigenvalue weighted by Crippen LogP contribution is 2.45. The Bertz CT molecular complexity index is 913. The molecule has 4 rings (SSSR count). The molecule has 1 saturated heterocycles. The molecule has 2 aliphatic rings. The SMILES string of the molecule is COCC1(C)OB(C2CCc3cc(C(=O)OCc4ccccc4)ccc32)OC1(C)C. The molecule has 30 heavy (non-hydrogen) atoms. The first-order valence-electron chi connectivity index (χ1n) is 10.5. The fraction of sp³-hybridized carbons (Fsp3) is 0.458. The summed E-state index contributed by atoms with van der Waals surface area (Å²) in [5.41, 5.74) is 2.97. The van der Waals surface area contributed by atoms with Crippen molar-refractivity contribution in [1.29, 1.82) is 0 Å². The highest BCUT2D eigenvalue weighted by Gasteiger charge is 2.57. The average molecular weight is 408 g/mol. The zero-order chi connectivity index (χ0) is 21.4. The Morgan fingerprint density at radius 3 is 2.63 bits per heavy atom. The van der Waals surface area contributed by atoms with Gasteiger partial charge >= 0.3 is 13.1 Å². The third-order valence-corrected chi connectivity index (χ3v) is 6.52. The number of hydrogen-bond acceptors (Lipinski definition) is 5. The van der Waals surface area contributed by atoms with Gasteiger partial charge in [0, 0.05) is 12.9 Å². The summed E-state index contributed by atoms with van der Waals surface area (Å²) in [4.78, 5) is 12.5. The van der Waals surface area contributed by atoms with Crippen LogP contribution in [-0.2, 0) is 31.8 Å². The summed E-state index contributed by atoms with van der Waals surface area (Å²) < 4.78 is 23.6. The fourth-order valence-corrected chi connectivity index (χ4v) is 4.35. The second-order valence-corrected chi connectivity index (χ2v) is 8.90. The highest BCUT2D eigenvalue weighted by atomic mass is 16.7. The Balaban J connectivity index is 1.46. The maximum absolute atomic E-state index is 12.5. The van der Waals surface area contributed by atoms with Gasteiger partial charge in [-0.1, -0.05) is 36.4 Å². The van der Waals surface area contributed by atoms with Crippen LogP contribution in [0.15, 0.2) is 48.5 Å². The number of benzene rings is 2. The second-order valence-electron chi connectivity index (χ2n) is 8.90. The molecule has 1 aliphatic carbocycles. The van der Waals surface area contributed by atoms with Crippen LogP contribution in [0.25, 0.3) is 0 Å². The van der Waals surface area contributed by atoms with E-state index < -0.39 is 11.2 Å². The quantitative estimate of drug-likeness (QED) is 0.526. The number of carbonyl (C=O) groups is 1. The minimum Gasteiger partial charge on any atom is -0.457 e. The third kappa shape index (κ3) is 3.92. The van der Waals surface area contributed by atoms with Gasteiger partial charge < -0.3 is 18.8 Å². The molecule has 2 aromatic carbocycles. The van der Waals surface area contributed by atoms with E-state index in [1.54, 1.807) is 7.11 Å². The van der Waals surface area contributed by atoms with E-state index in [1.165, 1.54) is 11.1 Å². The molecular formula is C24H29BO5. The maximum Gasteiger partial charge on any atom is 0.465 e. The number of fused-ring (bicyclic) bond motifs is 1. The van der Waals surface area contributed by atoms with Crippen molar-refractivity contribution in [2.24, 2.45) is 0 Å². The summed E-state index contributed by atoms with van der Waals surface area (Å²) in [6, 6.07) is 15.5. The molecule has 0 amide bonds. The number of carbonyl (C=O) groups excluding carboxylic acids is 1. The molecule has 0 saturated carbocycles. The van der Waals surface area contributed by atoms with Gasteiger partial charge in [0.25, 0.3) is 0 Å². The van der Waals surface area contributed by atoms with Crippen LogP contribution >= 0.6 is 0 Å². The molecule has 0 radical (unpaired) electrons. The first kappa shape index (κ1) is 21.1. The van der Waals surface area contributed by atoms with Crippen LogP contribution in [0.2, 0.25) is 0 Å².